The number of carboxylic acids is 1. The standard InChI is InChI=1S/C20H25NO5/c1-11-15-10-26-20(24)17(15)18(21)14(19(11)25-2)8-7-12-5-3-4-6-13(12)9-16(22)23/h7,13H,3-6,8-10,21H2,1-2H3,(H,22,23)/b12-7+. The largest absolute Gasteiger partial charge is 0.496 e. The highest BCUT2D eigenvalue weighted by molar-refractivity contribution is 6.00. The number of allylic oxidation sites excluding steroid dienone is 2. The molecule has 140 valence electrons. The summed E-state index contributed by atoms with van der Waals surface area (Å²) in [5.41, 5.74) is 10.8. The van der Waals surface area contributed by atoms with Crippen molar-refractivity contribution in [3.05, 3.63) is 33.9 Å². The normalized spacial score (nSPS) is 20.8. The van der Waals surface area contributed by atoms with Gasteiger partial charge in [-0.15, -0.1) is 0 Å². The zero-order valence-electron chi connectivity index (χ0n) is 15.3. The van der Waals surface area contributed by atoms with Crippen LogP contribution in [0, 0.1) is 12.8 Å². The maximum absolute atomic E-state index is 12.0. The molecule has 26 heavy (non-hydrogen) atoms. The average molecular weight is 359 g/mol. The average Bonchev–Trinajstić information content (AvgIpc) is 2.99. The Morgan fingerprint density at radius 1 is 1.42 bits per heavy atom. The monoisotopic (exact) mass is 359 g/mol. The van der Waals surface area contributed by atoms with E-state index in [4.69, 9.17) is 20.3 Å². The summed E-state index contributed by atoms with van der Waals surface area (Å²) in [6.45, 7) is 2.13. The third kappa shape index (κ3) is 3.28. The number of carbonyl (C=O) groups excluding carboxylic acids is 1. The minimum Gasteiger partial charge on any atom is -0.496 e. The number of fused-ring (bicyclic) bond motifs is 1. The molecule has 1 heterocycles. The van der Waals surface area contributed by atoms with Crippen LogP contribution in [-0.2, 0) is 22.6 Å². The van der Waals surface area contributed by atoms with Gasteiger partial charge in [-0.05, 0) is 44.1 Å². The fourth-order valence-corrected chi connectivity index (χ4v) is 4.14. The lowest BCUT2D eigenvalue weighted by Gasteiger charge is -2.24. The van der Waals surface area contributed by atoms with Gasteiger partial charge in [-0.2, -0.15) is 0 Å². The van der Waals surface area contributed by atoms with Crippen molar-refractivity contribution < 1.29 is 24.2 Å². The van der Waals surface area contributed by atoms with Crippen LogP contribution in [0.15, 0.2) is 11.6 Å². The molecule has 6 heteroatoms. The Balaban J connectivity index is 1.96. The third-order valence-electron chi connectivity index (χ3n) is 5.50. The van der Waals surface area contributed by atoms with Crippen LogP contribution in [0.1, 0.15) is 59.2 Å². The van der Waals surface area contributed by atoms with Gasteiger partial charge in [0.15, 0.2) is 0 Å². The van der Waals surface area contributed by atoms with Crippen LogP contribution < -0.4 is 10.5 Å². The van der Waals surface area contributed by atoms with Crippen molar-refractivity contribution in [3.63, 3.8) is 0 Å². The van der Waals surface area contributed by atoms with Gasteiger partial charge in [-0.1, -0.05) is 18.1 Å². The van der Waals surface area contributed by atoms with Crippen LogP contribution >= 0.6 is 0 Å². The second-order valence-corrected chi connectivity index (χ2v) is 7.00. The highest BCUT2D eigenvalue weighted by Gasteiger charge is 2.31. The minimum absolute atomic E-state index is 0.0777. The minimum atomic E-state index is -0.768. The molecular weight excluding hydrogens is 334 g/mol. The molecule has 3 rings (SSSR count). The van der Waals surface area contributed by atoms with Gasteiger partial charge in [0.25, 0.3) is 0 Å². The van der Waals surface area contributed by atoms with E-state index in [1.165, 1.54) is 5.57 Å². The number of nitrogen functional groups attached to an aromatic ring is 1. The van der Waals surface area contributed by atoms with Gasteiger partial charge in [0, 0.05) is 11.1 Å². The Kier molecular flexibility index (Phi) is 5.20. The van der Waals surface area contributed by atoms with Crippen molar-refractivity contribution in [2.45, 2.75) is 52.1 Å². The fraction of sp³-hybridized carbons (Fsp3) is 0.500. The molecule has 0 saturated heterocycles. The number of carbonyl (C=O) groups is 2. The SMILES string of the molecule is COc1c(C)c2c(c(N)c1C/C=C1\CCCCC1CC(=O)O)C(=O)OC2. The number of nitrogens with two attached hydrogens (primary N) is 1. The number of methoxy groups -OCH3 is 1. The van der Waals surface area contributed by atoms with Crippen LogP contribution in [-0.4, -0.2) is 24.2 Å². The summed E-state index contributed by atoms with van der Waals surface area (Å²) < 4.78 is 10.7. The fourth-order valence-electron chi connectivity index (χ4n) is 4.14. The van der Waals surface area contributed by atoms with Gasteiger partial charge in [0.05, 0.1) is 24.8 Å². The number of cyclic esters (lactones) is 1. The summed E-state index contributed by atoms with van der Waals surface area (Å²) in [5.74, 6) is -0.398. The smallest absolute Gasteiger partial charge is 0.341 e. The number of esters is 1. The van der Waals surface area contributed by atoms with E-state index in [0.29, 0.717) is 23.4 Å². The van der Waals surface area contributed by atoms with E-state index in [1.54, 1.807) is 7.11 Å². The molecule has 0 radical (unpaired) electrons. The topological polar surface area (TPSA) is 98.9 Å². The number of aliphatic carboxylic acids is 1. The van der Waals surface area contributed by atoms with Gasteiger partial charge < -0.3 is 20.3 Å². The predicted octanol–water partition coefficient (Wildman–Crippen LogP) is 3.39. The van der Waals surface area contributed by atoms with Crippen molar-refractivity contribution in [3.8, 4) is 5.75 Å². The maximum Gasteiger partial charge on any atom is 0.341 e. The van der Waals surface area contributed by atoms with Crippen molar-refractivity contribution in [2.24, 2.45) is 5.92 Å². The van der Waals surface area contributed by atoms with E-state index in [1.807, 2.05) is 6.92 Å². The van der Waals surface area contributed by atoms with Gasteiger partial charge in [0.2, 0.25) is 0 Å². The third-order valence-corrected chi connectivity index (χ3v) is 5.50. The molecular formula is C20H25NO5. The summed E-state index contributed by atoms with van der Waals surface area (Å²) >= 11 is 0. The summed E-state index contributed by atoms with van der Waals surface area (Å²) in [7, 11) is 1.59. The van der Waals surface area contributed by atoms with Crippen LogP contribution in [0.5, 0.6) is 5.75 Å². The number of ether oxygens (including phenoxy) is 2. The molecule has 0 aromatic heterocycles. The highest BCUT2D eigenvalue weighted by Crippen LogP contribution is 2.40. The van der Waals surface area contributed by atoms with E-state index in [9.17, 15) is 9.59 Å². The first-order valence-electron chi connectivity index (χ1n) is 8.99. The Hall–Kier alpha value is -2.50. The second-order valence-electron chi connectivity index (χ2n) is 7.00. The Labute approximate surface area is 153 Å². The Morgan fingerprint density at radius 3 is 2.88 bits per heavy atom. The summed E-state index contributed by atoms with van der Waals surface area (Å²) in [4.78, 5) is 23.2. The zero-order chi connectivity index (χ0) is 18.8. The number of anilines is 1. The summed E-state index contributed by atoms with van der Waals surface area (Å²) in [5, 5.41) is 9.15. The number of rotatable bonds is 5. The van der Waals surface area contributed by atoms with Crippen LogP contribution in [0.4, 0.5) is 5.69 Å². The molecule has 0 amide bonds. The van der Waals surface area contributed by atoms with Crippen LogP contribution in [0.25, 0.3) is 0 Å². The van der Waals surface area contributed by atoms with E-state index in [2.05, 4.69) is 6.08 Å². The maximum atomic E-state index is 12.0. The molecule has 1 aromatic carbocycles. The van der Waals surface area contributed by atoms with Gasteiger partial charge in [-0.3, -0.25) is 4.79 Å². The van der Waals surface area contributed by atoms with E-state index in [-0.39, 0.29) is 18.9 Å². The summed E-state index contributed by atoms with van der Waals surface area (Å²) in [6, 6.07) is 0. The van der Waals surface area contributed by atoms with Crippen LogP contribution in [0.3, 0.4) is 0 Å². The lowest BCUT2D eigenvalue weighted by Crippen LogP contribution is -2.15. The highest BCUT2D eigenvalue weighted by atomic mass is 16.5. The van der Waals surface area contributed by atoms with E-state index in [0.717, 1.165) is 42.4 Å². The first-order valence-corrected chi connectivity index (χ1v) is 8.99. The van der Waals surface area contributed by atoms with Gasteiger partial charge in [-0.25, -0.2) is 4.79 Å². The molecule has 2 aliphatic rings. The Morgan fingerprint density at radius 2 is 2.19 bits per heavy atom. The Bertz CT molecular complexity index is 781. The lowest BCUT2D eigenvalue weighted by atomic mass is 9.81. The molecule has 6 nitrogen and oxygen atoms in total. The van der Waals surface area contributed by atoms with E-state index < -0.39 is 11.9 Å². The second kappa shape index (κ2) is 7.40. The molecule has 3 N–H and O–H groups in total. The molecule has 1 unspecified atom stereocenters. The van der Waals surface area contributed by atoms with Gasteiger partial charge in [0.1, 0.15) is 12.4 Å². The molecule has 1 atom stereocenters. The van der Waals surface area contributed by atoms with Crippen molar-refractivity contribution in [1.82, 2.24) is 0 Å². The number of hydrogen-bond donors (Lipinski definition) is 2. The van der Waals surface area contributed by atoms with E-state index >= 15 is 0 Å². The van der Waals surface area contributed by atoms with Gasteiger partial charge >= 0.3 is 11.9 Å². The lowest BCUT2D eigenvalue weighted by molar-refractivity contribution is -0.137. The quantitative estimate of drug-likeness (QED) is 0.475. The molecule has 1 aliphatic carbocycles. The molecule has 1 saturated carbocycles. The first kappa shape index (κ1) is 18.3. The number of benzene rings is 1. The molecule has 1 fully saturated rings. The molecule has 1 aromatic rings. The van der Waals surface area contributed by atoms with Crippen molar-refractivity contribution in [2.75, 3.05) is 12.8 Å². The molecule has 1 aliphatic heterocycles. The summed E-state index contributed by atoms with van der Waals surface area (Å²) in [6.07, 6.45) is 6.70. The zero-order valence-corrected chi connectivity index (χ0v) is 15.3. The van der Waals surface area contributed by atoms with Crippen LogP contribution in [0.2, 0.25) is 0 Å². The number of carboxylic acid groups (broad SMARTS) is 1. The molecule has 0 spiro atoms. The van der Waals surface area contributed by atoms with Crippen molar-refractivity contribution in [1.29, 1.82) is 0 Å². The predicted molar refractivity (Wildman–Crippen MR) is 97.3 cm³/mol. The van der Waals surface area contributed by atoms with Crippen molar-refractivity contribution >= 4 is 17.6 Å². The number of hydrogen-bond acceptors (Lipinski definition) is 5. The molecule has 0 bridgehead atoms. The first-order chi connectivity index (χ1) is 12.4.